The van der Waals surface area contributed by atoms with Gasteiger partial charge in [-0.2, -0.15) is 4.36 Å². The van der Waals surface area contributed by atoms with Crippen LogP contribution in [0.25, 0.3) is 10.9 Å². The van der Waals surface area contributed by atoms with Gasteiger partial charge in [0, 0.05) is 46.8 Å². The van der Waals surface area contributed by atoms with Crippen LogP contribution in [-0.2, 0) is 9.73 Å². The molecule has 170 valence electrons. The average Bonchev–Trinajstić information content (AvgIpc) is 2.99. The van der Waals surface area contributed by atoms with Crippen LogP contribution in [-0.4, -0.2) is 69.0 Å². The summed E-state index contributed by atoms with van der Waals surface area (Å²) in [7, 11) is -0.419. The largest absolute Gasteiger partial charge is 0.484 e. The van der Waals surface area contributed by atoms with Crippen molar-refractivity contribution < 1.29 is 18.4 Å². The molecule has 1 fully saturated rings. The Kier molecular flexibility index (Phi) is 6.02. The van der Waals surface area contributed by atoms with Crippen LogP contribution in [0.3, 0.4) is 0 Å². The molecular formula is C22H26FN5O3S. The van der Waals surface area contributed by atoms with E-state index < -0.39 is 27.8 Å². The quantitative estimate of drug-likeness (QED) is 0.604. The standard InChI is InChI=1S/C22H26FN5O3S/c1-13-7-15(27-32(3,4)30)9-17-21(13)22(25-12-24-17)26-16-6-5-14(23)8-19(16)31-20-11-28(2)10-18(20)29/h5-9,12,18,20,29H,10-11H2,1-4H3,(H,24,25,26)/t18-,20-/m0/s1. The number of β-amino-alcohol motifs (C(OH)–C–C–N with tert-alkyl or cyclic N) is 1. The minimum atomic E-state index is -2.31. The lowest BCUT2D eigenvalue weighted by molar-refractivity contribution is 0.0740. The number of rotatable bonds is 5. The van der Waals surface area contributed by atoms with E-state index in [9.17, 15) is 13.7 Å². The van der Waals surface area contributed by atoms with E-state index in [0.29, 0.717) is 35.8 Å². The number of aliphatic hydroxyl groups excluding tert-OH is 1. The average molecular weight is 460 g/mol. The van der Waals surface area contributed by atoms with Gasteiger partial charge in [-0.1, -0.05) is 0 Å². The first kappa shape index (κ1) is 22.4. The van der Waals surface area contributed by atoms with Crippen molar-refractivity contribution in [1.82, 2.24) is 14.9 Å². The van der Waals surface area contributed by atoms with Crippen LogP contribution in [0, 0.1) is 12.7 Å². The fourth-order valence-corrected chi connectivity index (χ4v) is 4.43. The molecule has 0 spiro atoms. The molecule has 1 aromatic heterocycles. The fourth-order valence-electron chi connectivity index (χ4n) is 3.82. The van der Waals surface area contributed by atoms with Crippen LogP contribution in [0.2, 0.25) is 0 Å². The molecule has 8 nitrogen and oxygen atoms in total. The molecule has 2 atom stereocenters. The molecule has 2 heterocycles. The zero-order valence-corrected chi connectivity index (χ0v) is 19.2. The van der Waals surface area contributed by atoms with E-state index in [0.717, 1.165) is 10.9 Å². The highest BCUT2D eigenvalue weighted by Gasteiger charge is 2.31. The smallest absolute Gasteiger partial charge is 0.146 e. The molecule has 4 rings (SSSR count). The Morgan fingerprint density at radius 3 is 2.72 bits per heavy atom. The number of halogens is 1. The first-order valence-electron chi connectivity index (χ1n) is 10.1. The van der Waals surface area contributed by atoms with E-state index in [1.165, 1.54) is 18.5 Å². The minimum absolute atomic E-state index is 0.289. The summed E-state index contributed by atoms with van der Waals surface area (Å²) in [6.07, 6.45) is 3.45. The lowest BCUT2D eigenvalue weighted by Gasteiger charge is -2.20. The van der Waals surface area contributed by atoms with E-state index in [4.69, 9.17) is 4.74 Å². The summed E-state index contributed by atoms with van der Waals surface area (Å²) in [5.41, 5.74) is 2.60. The number of likely N-dealkylation sites (tertiary alicyclic amines) is 1. The summed E-state index contributed by atoms with van der Waals surface area (Å²) >= 11 is 0. The van der Waals surface area contributed by atoms with Crippen molar-refractivity contribution in [3.8, 4) is 5.75 Å². The molecule has 0 radical (unpaired) electrons. The van der Waals surface area contributed by atoms with Crippen LogP contribution in [0.4, 0.5) is 21.6 Å². The number of aliphatic hydroxyl groups is 1. The van der Waals surface area contributed by atoms with Gasteiger partial charge >= 0.3 is 0 Å². The molecule has 0 bridgehead atoms. The Labute approximate surface area is 186 Å². The predicted octanol–water partition coefficient (Wildman–Crippen LogP) is 3.23. The Balaban J connectivity index is 1.72. The number of nitrogens with zero attached hydrogens (tertiary/aromatic N) is 4. The molecule has 2 N–H and O–H groups in total. The molecule has 0 aliphatic carbocycles. The Bertz CT molecular complexity index is 1280. The number of benzene rings is 2. The van der Waals surface area contributed by atoms with Crippen LogP contribution >= 0.6 is 0 Å². The van der Waals surface area contributed by atoms with Crippen LogP contribution in [0.15, 0.2) is 41.0 Å². The van der Waals surface area contributed by atoms with Crippen molar-refractivity contribution >= 4 is 37.8 Å². The molecule has 3 aromatic rings. The molecule has 0 saturated carbocycles. The maximum Gasteiger partial charge on any atom is 0.146 e. The molecule has 32 heavy (non-hydrogen) atoms. The summed E-state index contributed by atoms with van der Waals surface area (Å²) in [4.78, 5) is 10.7. The van der Waals surface area contributed by atoms with Gasteiger partial charge in [0.2, 0.25) is 0 Å². The number of aromatic nitrogens is 2. The predicted molar refractivity (Wildman–Crippen MR) is 124 cm³/mol. The van der Waals surface area contributed by atoms with Gasteiger partial charge < -0.3 is 15.2 Å². The monoisotopic (exact) mass is 459 g/mol. The summed E-state index contributed by atoms with van der Waals surface area (Å²) in [6.45, 7) is 2.93. The molecule has 2 aromatic carbocycles. The Hall–Kier alpha value is -2.82. The number of ether oxygens (including phenoxy) is 1. The van der Waals surface area contributed by atoms with Gasteiger partial charge in [-0.3, -0.25) is 4.90 Å². The number of aryl methyl sites for hydroxylation is 1. The van der Waals surface area contributed by atoms with Gasteiger partial charge in [-0.25, -0.2) is 18.6 Å². The summed E-state index contributed by atoms with van der Waals surface area (Å²) in [5.74, 6) is 0.370. The second-order valence-electron chi connectivity index (χ2n) is 8.36. The third-order valence-electron chi connectivity index (χ3n) is 5.14. The number of hydrogen-bond donors (Lipinski definition) is 2. The van der Waals surface area contributed by atoms with Gasteiger partial charge in [-0.15, -0.1) is 0 Å². The maximum absolute atomic E-state index is 14.0. The van der Waals surface area contributed by atoms with Crippen molar-refractivity contribution in [2.75, 3.05) is 38.0 Å². The van der Waals surface area contributed by atoms with Crippen LogP contribution in [0.1, 0.15) is 5.56 Å². The first-order chi connectivity index (χ1) is 15.1. The van der Waals surface area contributed by atoms with Gasteiger partial charge in [0.15, 0.2) is 0 Å². The second kappa shape index (κ2) is 8.61. The fraction of sp³-hybridized carbons (Fsp3) is 0.364. The van der Waals surface area contributed by atoms with E-state index in [2.05, 4.69) is 19.6 Å². The van der Waals surface area contributed by atoms with E-state index in [1.807, 2.05) is 24.9 Å². The van der Waals surface area contributed by atoms with Crippen molar-refractivity contribution in [3.63, 3.8) is 0 Å². The van der Waals surface area contributed by atoms with Crippen LogP contribution < -0.4 is 10.1 Å². The lowest BCUT2D eigenvalue weighted by Crippen LogP contribution is -2.30. The van der Waals surface area contributed by atoms with Gasteiger partial charge in [0.05, 0.1) is 16.9 Å². The number of anilines is 2. The SMILES string of the molecule is Cc1cc(N=S(C)(C)=O)cc2ncnc(Nc3ccc(F)cc3O[C@H]3CN(C)C[C@@H]3O)c12. The zero-order valence-electron chi connectivity index (χ0n) is 18.4. The maximum atomic E-state index is 14.0. The van der Waals surface area contributed by atoms with Gasteiger partial charge in [-0.05, 0) is 43.8 Å². The third kappa shape index (κ3) is 4.98. The molecule has 10 heteroatoms. The third-order valence-corrected chi connectivity index (χ3v) is 5.79. The number of nitrogens with one attached hydrogen (secondary N) is 1. The van der Waals surface area contributed by atoms with Crippen molar-refractivity contribution in [2.24, 2.45) is 4.36 Å². The number of hydrogen-bond acceptors (Lipinski definition) is 8. The zero-order chi connectivity index (χ0) is 23.0. The summed E-state index contributed by atoms with van der Waals surface area (Å²) < 4.78 is 36.3. The highest BCUT2D eigenvalue weighted by atomic mass is 32.2. The van der Waals surface area contributed by atoms with Gasteiger partial charge in [0.1, 0.15) is 35.9 Å². The topological polar surface area (TPSA) is 99.9 Å². The molecule has 0 unspecified atom stereocenters. The van der Waals surface area contributed by atoms with Crippen molar-refractivity contribution in [1.29, 1.82) is 0 Å². The Morgan fingerprint density at radius 2 is 2.03 bits per heavy atom. The summed E-state index contributed by atoms with van der Waals surface area (Å²) in [6, 6.07) is 7.79. The highest BCUT2D eigenvalue weighted by Crippen LogP contribution is 2.34. The number of likely N-dealkylation sites (N-methyl/N-ethyl adjacent to an activating group) is 1. The van der Waals surface area contributed by atoms with Crippen molar-refractivity contribution in [3.05, 3.63) is 48.0 Å². The van der Waals surface area contributed by atoms with E-state index in [-0.39, 0.29) is 5.75 Å². The van der Waals surface area contributed by atoms with Crippen molar-refractivity contribution in [2.45, 2.75) is 19.1 Å². The molecule has 0 amide bonds. The molecule has 1 aliphatic heterocycles. The molecule has 1 aliphatic rings. The molecular weight excluding hydrogens is 433 g/mol. The van der Waals surface area contributed by atoms with E-state index >= 15 is 0 Å². The molecule has 1 saturated heterocycles. The Morgan fingerprint density at radius 1 is 1.25 bits per heavy atom. The second-order valence-corrected chi connectivity index (χ2v) is 10.9. The van der Waals surface area contributed by atoms with E-state index in [1.54, 1.807) is 24.6 Å². The number of fused-ring (bicyclic) bond motifs is 1. The first-order valence-corrected chi connectivity index (χ1v) is 12.4. The van der Waals surface area contributed by atoms with Crippen LogP contribution in [0.5, 0.6) is 5.75 Å². The lowest BCUT2D eigenvalue weighted by atomic mass is 10.1. The highest BCUT2D eigenvalue weighted by molar-refractivity contribution is 7.92. The minimum Gasteiger partial charge on any atom is -0.484 e. The van der Waals surface area contributed by atoms with Gasteiger partial charge in [0.25, 0.3) is 0 Å². The summed E-state index contributed by atoms with van der Waals surface area (Å²) in [5, 5.41) is 14.2. The normalized spacial score (nSPS) is 19.3.